The predicted octanol–water partition coefficient (Wildman–Crippen LogP) is 2.59. The average Bonchev–Trinajstić information content (AvgIpc) is 2.61. The van der Waals surface area contributed by atoms with Crippen molar-refractivity contribution in [2.45, 2.75) is 46.2 Å². The summed E-state index contributed by atoms with van der Waals surface area (Å²) in [6, 6.07) is 0.604. The van der Waals surface area contributed by atoms with E-state index in [1.165, 1.54) is 16.3 Å². The molecule has 1 N–H and O–H groups in total. The number of aryl methyl sites for hydroxylation is 1. The monoisotopic (exact) mass is 198 g/mol. The summed E-state index contributed by atoms with van der Waals surface area (Å²) in [5, 5.41) is 4.69. The van der Waals surface area contributed by atoms with Crippen molar-refractivity contribution < 1.29 is 0 Å². The fourth-order valence-corrected chi connectivity index (χ4v) is 1.83. The molecule has 1 unspecified atom stereocenters. The topological polar surface area (TPSA) is 24.9 Å². The summed E-state index contributed by atoms with van der Waals surface area (Å²) < 4.78 is 0. The molecule has 3 heteroatoms. The molecule has 1 aromatic heterocycles. The number of hydrogen-bond donors (Lipinski definition) is 1. The maximum absolute atomic E-state index is 4.32. The molecule has 1 aromatic rings. The zero-order chi connectivity index (χ0) is 9.68. The van der Waals surface area contributed by atoms with Gasteiger partial charge in [0.1, 0.15) is 0 Å². The second-order valence-corrected chi connectivity index (χ2v) is 4.46. The molecule has 1 rings (SSSR count). The molecule has 0 saturated carbocycles. The number of hydrogen-bond acceptors (Lipinski definition) is 3. The maximum atomic E-state index is 4.32. The highest BCUT2D eigenvalue weighted by Gasteiger charge is 2.01. The van der Waals surface area contributed by atoms with Crippen molar-refractivity contribution in [3.63, 3.8) is 0 Å². The van der Waals surface area contributed by atoms with Gasteiger partial charge in [-0.15, -0.1) is 11.3 Å². The lowest BCUT2D eigenvalue weighted by molar-refractivity contribution is 0.537. The van der Waals surface area contributed by atoms with Crippen LogP contribution >= 0.6 is 11.3 Å². The molecular weight excluding hydrogens is 180 g/mol. The number of aromatic nitrogens is 1. The van der Waals surface area contributed by atoms with E-state index in [2.05, 4.69) is 31.1 Å². The molecular formula is C10H18N2S. The Morgan fingerprint density at radius 3 is 2.85 bits per heavy atom. The standard InChI is InChI=1S/C10H18N2S/c1-4-8(3)11-6-9-7-12-10(5-2)13-9/h7-8,11H,4-6H2,1-3H3. The lowest BCUT2D eigenvalue weighted by atomic mass is 10.2. The summed E-state index contributed by atoms with van der Waals surface area (Å²) in [5.41, 5.74) is 0. The van der Waals surface area contributed by atoms with Gasteiger partial charge in [0.05, 0.1) is 5.01 Å². The third-order valence-electron chi connectivity index (χ3n) is 2.14. The van der Waals surface area contributed by atoms with E-state index in [1.807, 2.05) is 17.5 Å². The van der Waals surface area contributed by atoms with Crippen LogP contribution in [0.2, 0.25) is 0 Å². The minimum absolute atomic E-state index is 0.604. The van der Waals surface area contributed by atoms with Gasteiger partial charge in [0.15, 0.2) is 0 Å². The molecule has 0 spiro atoms. The van der Waals surface area contributed by atoms with E-state index < -0.39 is 0 Å². The van der Waals surface area contributed by atoms with E-state index in [1.54, 1.807) is 0 Å². The summed E-state index contributed by atoms with van der Waals surface area (Å²) in [6.07, 6.45) is 4.21. The Bertz CT molecular complexity index is 245. The van der Waals surface area contributed by atoms with E-state index in [4.69, 9.17) is 0 Å². The molecule has 0 aliphatic rings. The second kappa shape index (κ2) is 5.35. The third-order valence-corrected chi connectivity index (χ3v) is 3.28. The zero-order valence-electron chi connectivity index (χ0n) is 8.63. The van der Waals surface area contributed by atoms with Gasteiger partial charge in [-0.05, 0) is 19.8 Å². The van der Waals surface area contributed by atoms with Gasteiger partial charge in [-0.25, -0.2) is 4.98 Å². The van der Waals surface area contributed by atoms with Gasteiger partial charge in [0, 0.05) is 23.7 Å². The molecule has 0 saturated heterocycles. The first-order valence-corrected chi connectivity index (χ1v) is 5.74. The van der Waals surface area contributed by atoms with Gasteiger partial charge in [0.2, 0.25) is 0 Å². The zero-order valence-corrected chi connectivity index (χ0v) is 9.45. The van der Waals surface area contributed by atoms with Crippen LogP contribution < -0.4 is 5.32 Å². The summed E-state index contributed by atoms with van der Waals surface area (Å²) in [5.74, 6) is 0. The van der Waals surface area contributed by atoms with Crippen molar-refractivity contribution >= 4 is 11.3 Å². The van der Waals surface area contributed by atoms with Crippen LogP contribution in [0.5, 0.6) is 0 Å². The first-order chi connectivity index (χ1) is 6.26. The summed E-state index contributed by atoms with van der Waals surface area (Å²) >= 11 is 1.81. The van der Waals surface area contributed by atoms with E-state index in [-0.39, 0.29) is 0 Å². The van der Waals surface area contributed by atoms with Gasteiger partial charge < -0.3 is 5.32 Å². The minimum Gasteiger partial charge on any atom is -0.309 e. The highest BCUT2D eigenvalue weighted by atomic mass is 32.1. The van der Waals surface area contributed by atoms with Crippen LogP contribution in [0.15, 0.2) is 6.20 Å². The molecule has 1 heterocycles. The quantitative estimate of drug-likeness (QED) is 0.786. The van der Waals surface area contributed by atoms with Crippen LogP contribution in [-0.2, 0) is 13.0 Å². The Hall–Kier alpha value is -0.410. The van der Waals surface area contributed by atoms with Crippen LogP contribution in [-0.4, -0.2) is 11.0 Å². The molecule has 0 amide bonds. The Balaban J connectivity index is 2.36. The highest BCUT2D eigenvalue weighted by molar-refractivity contribution is 7.11. The molecule has 13 heavy (non-hydrogen) atoms. The van der Waals surface area contributed by atoms with Crippen LogP contribution in [0.4, 0.5) is 0 Å². The normalized spacial score (nSPS) is 13.2. The lowest BCUT2D eigenvalue weighted by Crippen LogP contribution is -2.23. The molecule has 0 radical (unpaired) electrons. The van der Waals surface area contributed by atoms with E-state index in [0.717, 1.165) is 13.0 Å². The van der Waals surface area contributed by atoms with Crippen LogP contribution in [0, 0.1) is 0 Å². The van der Waals surface area contributed by atoms with E-state index in [9.17, 15) is 0 Å². The Kier molecular flexibility index (Phi) is 4.39. The summed E-state index contributed by atoms with van der Waals surface area (Å²) in [7, 11) is 0. The van der Waals surface area contributed by atoms with Gasteiger partial charge in [0.25, 0.3) is 0 Å². The lowest BCUT2D eigenvalue weighted by Gasteiger charge is -2.08. The number of rotatable bonds is 5. The second-order valence-electron chi connectivity index (χ2n) is 3.26. The maximum Gasteiger partial charge on any atom is 0.0925 e. The van der Waals surface area contributed by atoms with E-state index in [0.29, 0.717) is 6.04 Å². The first-order valence-electron chi connectivity index (χ1n) is 4.93. The predicted molar refractivity (Wildman–Crippen MR) is 58.1 cm³/mol. The highest BCUT2D eigenvalue weighted by Crippen LogP contribution is 2.13. The van der Waals surface area contributed by atoms with Gasteiger partial charge >= 0.3 is 0 Å². The van der Waals surface area contributed by atoms with Crippen molar-refractivity contribution in [2.24, 2.45) is 0 Å². The molecule has 0 bridgehead atoms. The molecule has 0 aliphatic carbocycles. The molecule has 0 aromatic carbocycles. The van der Waals surface area contributed by atoms with Crippen molar-refractivity contribution in [3.05, 3.63) is 16.1 Å². The van der Waals surface area contributed by atoms with Crippen molar-refractivity contribution in [3.8, 4) is 0 Å². The Morgan fingerprint density at radius 2 is 2.31 bits per heavy atom. The Labute approximate surface area is 84.4 Å². The molecule has 0 aliphatic heterocycles. The SMILES string of the molecule is CCc1ncc(CNC(C)CC)s1. The first kappa shape index (κ1) is 10.7. The van der Waals surface area contributed by atoms with Crippen LogP contribution in [0.3, 0.4) is 0 Å². The molecule has 1 atom stereocenters. The van der Waals surface area contributed by atoms with Gasteiger partial charge in [-0.2, -0.15) is 0 Å². The molecule has 74 valence electrons. The Morgan fingerprint density at radius 1 is 1.54 bits per heavy atom. The molecule has 0 fully saturated rings. The fraction of sp³-hybridized carbons (Fsp3) is 0.700. The third kappa shape index (κ3) is 3.44. The number of thiazole rings is 1. The summed E-state index contributed by atoms with van der Waals surface area (Å²) in [6.45, 7) is 7.51. The van der Waals surface area contributed by atoms with Crippen LogP contribution in [0.25, 0.3) is 0 Å². The smallest absolute Gasteiger partial charge is 0.0925 e. The van der Waals surface area contributed by atoms with Crippen molar-refractivity contribution in [1.82, 2.24) is 10.3 Å². The van der Waals surface area contributed by atoms with Crippen LogP contribution in [0.1, 0.15) is 37.1 Å². The minimum atomic E-state index is 0.604. The van der Waals surface area contributed by atoms with E-state index >= 15 is 0 Å². The molecule has 2 nitrogen and oxygen atoms in total. The van der Waals surface area contributed by atoms with Crippen molar-refractivity contribution in [2.75, 3.05) is 0 Å². The fourth-order valence-electron chi connectivity index (χ4n) is 1.01. The summed E-state index contributed by atoms with van der Waals surface area (Å²) in [4.78, 5) is 5.66. The number of nitrogens with zero attached hydrogens (tertiary/aromatic N) is 1. The largest absolute Gasteiger partial charge is 0.309 e. The number of nitrogens with one attached hydrogen (secondary N) is 1. The average molecular weight is 198 g/mol. The van der Waals surface area contributed by atoms with Gasteiger partial charge in [-0.1, -0.05) is 13.8 Å². The van der Waals surface area contributed by atoms with Crippen molar-refractivity contribution in [1.29, 1.82) is 0 Å². The van der Waals surface area contributed by atoms with Gasteiger partial charge in [-0.3, -0.25) is 0 Å².